The Hall–Kier alpha value is -3.72. The molecule has 2 aromatic heterocycles. The van der Waals surface area contributed by atoms with Gasteiger partial charge >= 0.3 is 5.97 Å². The minimum atomic E-state index is -1.45. The zero-order chi connectivity index (χ0) is 24.2. The van der Waals surface area contributed by atoms with Crippen LogP contribution in [0, 0.1) is 13.8 Å². The predicted octanol–water partition coefficient (Wildman–Crippen LogP) is 4.26. The van der Waals surface area contributed by atoms with E-state index in [1.807, 2.05) is 38.1 Å². The predicted molar refractivity (Wildman–Crippen MR) is 129 cm³/mol. The van der Waals surface area contributed by atoms with Crippen LogP contribution < -0.4 is 9.47 Å². The topological polar surface area (TPSA) is 103 Å². The number of pyridine rings is 1. The lowest BCUT2D eigenvalue weighted by Gasteiger charge is -2.14. The largest absolute Gasteiger partial charge is 0.497 e. The Kier molecular flexibility index (Phi) is 6.93. The van der Waals surface area contributed by atoms with Crippen molar-refractivity contribution in [3.63, 3.8) is 0 Å². The molecule has 1 atom stereocenters. The van der Waals surface area contributed by atoms with Crippen molar-refractivity contribution in [2.75, 3.05) is 14.2 Å². The maximum absolute atomic E-state index is 13.0. The highest BCUT2D eigenvalue weighted by atomic mass is 32.2. The Balaban J connectivity index is 1.51. The molecule has 0 fully saturated rings. The van der Waals surface area contributed by atoms with Crippen LogP contribution in [0.2, 0.25) is 0 Å². The molecule has 176 valence electrons. The van der Waals surface area contributed by atoms with Gasteiger partial charge in [-0.05, 0) is 37.6 Å². The lowest BCUT2D eigenvalue weighted by Crippen LogP contribution is -2.10. The second-order valence-electron chi connectivity index (χ2n) is 7.69. The van der Waals surface area contributed by atoms with Crippen LogP contribution in [0.15, 0.2) is 53.8 Å². The fraction of sp³-hybridized carbons (Fsp3) is 0.240. The van der Waals surface area contributed by atoms with E-state index >= 15 is 0 Å². The molecule has 0 aliphatic carbocycles. The monoisotopic (exact) mass is 479 g/mol. The first kappa shape index (κ1) is 23.4. The molecular formula is C25H25N3O5S. The number of carbonyl (C=O) groups excluding carboxylic acids is 1. The lowest BCUT2D eigenvalue weighted by molar-refractivity contribution is 0.0468. The summed E-state index contributed by atoms with van der Waals surface area (Å²) < 4.78 is 29.3. The van der Waals surface area contributed by atoms with E-state index in [0.29, 0.717) is 39.0 Å². The van der Waals surface area contributed by atoms with Crippen LogP contribution in [0.4, 0.5) is 0 Å². The summed E-state index contributed by atoms with van der Waals surface area (Å²) in [6.07, 6.45) is 1.59. The number of H-pyrrole nitrogens is 1. The molecule has 34 heavy (non-hydrogen) atoms. The van der Waals surface area contributed by atoms with Crippen LogP contribution in [0.25, 0.3) is 11.0 Å². The average Bonchev–Trinajstić information content (AvgIpc) is 3.28. The zero-order valence-corrected chi connectivity index (χ0v) is 20.2. The van der Waals surface area contributed by atoms with Gasteiger partial charge in [-0.1, -0.05) is 18.2 Å². The molecule has 0 aliphatic rings. The van der Waals surface area contributed by atoms with Crippen molar-refractivity contribution in [2.24, 2.45) is 0 Å². The molecule has 1 N–H and O–H groups in total. The van der Waals surface area contributed by atoms with Crippen molar-refractivity contribution in [1.29, 1.82) is 0 Å². The quantitative estimate of drug-likeness (QED) is 0.377. The normalized spacial score (nSPS) is 11.9. The number of methoxy groups -OCH3 is 2. The molecule has 0 saturated heterocycles. The number of aromatic nitrogens is 3. The van der Waals surface area contributed by atoms with Crippen molar-refractivity contribution in [1.82, 2.24) is 15.0 Å². The van der Waals surface area contributed by atoms with Crippen molar-refractivity contribution < 1.29 is 23.2 Å². The molecule has 0 amide bonds. The number of hydrogen-bond donors (Lipinski definition) is 1. The molecular weight excluding hydrogens is 454 g/mol. The van der Waals surface area contributed by atoms with Gasteiger partial charge < -0.3 is 19.2 Å². The third-order valence-corrected chi connectivity index (χ3v) is 6.68. The standard InChI is InChI=1S/C25H25N3O5S/c1-15-7-5-6-8-19(15)24(29)33-13-17-12-26-22(16(2)23(17)32-4)14-34(30)25-27-20-10-9-18(31-3)11-21(20)28-25/h5-12H,13-14H2,1-4H3,(H,27,28). The summed E-state index contributed by atoms with van der Waals surface area (Å²) in [5.74, 6) is 0.982. The van der Waals surface area contributed by atoms with E-state index in [0.717, 1.165) is 16.6 Å². The average molecular weight is 480 g/mol. The number of carbonyl (C=O) groups is 1. The molecule has 0 saturated carbocycles. The van der Waals surface area contributed by atoms with E-state index in [-0.39, 0.29) is 12.4 Å². The highest BCUT2D eigenvalue weighted by Gasteiger charge is 2.19. The second-order valence-corrected chi connectivity index (χ2v) is 9.06. The maximum atomic E-state index is 13.0. The SMILES string of the molecule is COc1ccc2nc(S(=O)Cc3ncc(COC(=O)c4ccccc4C)c(OC)c3C)[nH]c2c1. The third-order valence-electron chi connectivity index (χ3n) is 5.52. The Morgan fingerprint density at radius 2 is 1.88 bits per heavy atom. The number of nitrogens with zero attached hydrogens (tertiary/aromatic N) is 2. The number of benzene rings is 2. The number of aromatic amines is 1. The minimum absolute atomic E-state index is 0.0129. The Morgan fingerprint density at radius 3 is 2.62 bits per heavy atom. The number of imidazole rings is 1. The van der Waals surface area contributed by atoms with Crippen LogP contribution in [0.3, 0.4) is 0 Å². The molecule has 4 rings (SSSR count). The Morgan fingerprint density at radius 1 is 1.09 bits per heavy atom. The molecule has 9 heteroatoms. The number of rotatable bonds is 8. The van der Waals surface area contributed by atoms with Crippen LogP contribution in [0.5, 0.6) is 11.5 Å². The Bertz CT molecular complexity index is 1380. The van der Waals surface area contributed by atoms with Crippen LogP contribution in [0.1, 0.15) is 32.7 Å². The van der Waals surface area contributed by atoms with Crippen LogP contribution in [-0.2, 0) is 27.9 Å². The molecule has 4 aromatic rings. The minimum Gasteiger partial charge on any atom is -0.497 e. The highest BCUT2D eigenvalue weighted by Crippen LogP contribution is 2.28. The fourth-order valence-corrected chi connectivity index (χ4v) is 4.73. The van der Waals surface area contributed by atoms with Gasteiger partial charge in [0.15, 0.2) is 5.16 Å². The number of nitrogens with one attached hydrogen (secondary N) is 1. The van der Waals surface area contributed by atoms with E-state index in [1.54, 1.807) is 38.6 Å². The van der Waals surface area contributed by atoms with Gasteiger partial charge in [0.05, 0.1) is 58.6 Å². The number of esters is 1. The molecule has 0 radical (unpaired) electrons. The number of fused-ring (bicyclic) bond motifs is 1. The Labute approximate surface area is 199 Å². The van der Waals surface area contributed by atoms with E-state index < -0.39 is 16.8 Å². The molecule has 1 unspecified atom stereocenters. The van der Waals surface area contributed by atoms with Gasteiger partial charge in [-0.15, -0.1) is 0 Å². The van der Waals surface area contributed by atoms with Crippen molar-refractivity contribution in [3.05, 3.63) is 76.6 Å². The van der Waals surface area contributed by atoms with E-state index in [2.05, 4.69) is 15.0 Å². The molecule has 0 spiro atoms. The van der Waals surface area contributed by atoms with Gasteiger partial charge in [0, 0.05) is 17.8 Å². The number of hydrogen-bond acceptors (Lipinski definition) is 7. The molecule has 2 heterocycles. The molecule has 0 aliphatic heterocycles. The van der Waals surface area contributed by atoms with E-state index in [1.165, 1.54) is 0 Å². The zero-order valence-electron chi connectivity index (χ0n) is 19.4. The first-order valence-corrected chi connectivity index (χ1v) is 11.9. The maximum Gasteiger partial charge on any atom is 0.338 e. The fourth-order valence-electron chi connectivity index (χ4n) is 3.63. The van der Waals surface area contributed by atoms with Crippen LogP contribution >= 0.6 is 0 Å². The number of aryl methyl sites for hydroxylation is 1. The van der Waals surface area contributed by atoms with Crippen molar-refractivity contribution >= 4 is 27.8 Å². The lowest BCUT2D eigenvalue weighted by atomic mass is 10.1. The summed E-state index contributed by atoms with van der Waals surface area (Å²) in [5.41, 5.74) is 4.79. The summed E-state index contributed by atoms with van der Waals surface area (Å²) in [6, 6.07) is 12.7. The summed E-state index contributed by atoms with van der Waals surface area (Å²) in [5, 5.41) is 0.361. The highest BCUT2D eigenvalue weighted by molar-refractivity contribution is 7.84. The van der Waals surface area contributed by atoms with Gasteiger partial charge in [-0.2, -0.15) is 0 Å². The van der Waals surface area contributed by atoms with Crippen LogP contribution in [-0.4, -0.2) is 39.3 Å². The van der Waals surface area contributed by atoms with Gasteiger partial charge in [0.25, 0.3) is 0 Å². The second kappa shape index (κ2) is 10.0. The molecule has 8 nitrogen and oxygen atoms in total. The van der Waals surface area contributed by atoms with Gasteiger partial charge in [0.1, 0.15) is 18.1 Å². The van der Waals surface area contributed by atoms with Crippen molar-refractivity contribution in [3.8, 4) is 11.5 Å². The summed E-state index contributed by atoms with van der Waals surface area (Å²) in [4.78, 5) is 24.5. The molecule has 2 aromatic carbocycles. The smallest absolute Gasteiger partial charge is 0.338 e. The van der Waals surface area contributed by atoms with Gasteiger partial charge in [0.2, 0.25) is 0 Å². The summed E-state index contributed by atoms with van der Waals surface area (Å²) in [6.45, 7) is 3.71. The van der Waals surface area contributed by atoms with E-state index in [9.17, 15) is 9.00 Å². The van der Waals surface area contributed by atoms with Gasteiger partial charge in [-0.25, -0.2) is 9.78 Å². The first-order valence-electron chi connectivity index (χ1n) is 10.6. The molecule has 0 bridgehead atoms. The first-order chi connectivity index (χ1) is 16.4. The summed E-state index contributed by atoms with van der Waals surface area (Å²) >= 11 is 0. The van der Waals surface area contributed by atoms with Crippen molar-refractivity contribution in [2.45, 2.75) is 31.4 Å². The third kappa shape index (κ3) is 4.79. The van der Waals surface area contributed by atoms with E-state index in [4.69, 9.17) is 14.2 Å². The van der Waals surface area contributed by atoms with Gasteiger partial charge in [-0.3, -0.25) is 9.19 Å². The summed E-state index contributed by atoms with van der Waals surface area (Å²) in [7, 11) is 1.68. The number of ether oxygens (including phenoxy) is 3.